The van der Waals surface area contributed by atoms with Crippen LogP contribution < -0.4 is 11.1 Å². The number of aryl methyl sites for hydroxylation is 1. The predicted octanol–water partition coefficient (Wildman–Crippen LogP) is 0.869. The number of carbonyl (C=O) groups excluding carboxylic acids is 1. The van der Waals surface area contributed by atoms with E-state index in [2.05, 4.69) is 5.32 Å². The zero-order valence-electron chi connectivity index (χ0n) is 7.29. The van der Waals surface area contributed by atoms with E-state index in [0.717, 1.165) is 5.56 Å². The number of hydrogen-bond acceptors (Lipinski definition) is 2. The Hall–Kier alpha value is -1.84. The molecule has 1 amide bonds. The molecule has 0 spiro atoms. The van der Waals surface area contributed by atoms with Gasteiger partial charge in [0.2, 0.25) is 0 Å². The van der Waals surface area contributed by atoms with Crippen molar-refractivity contribution in [3.63, 3.8) is 0 Å². The van der Waals surface area contributed by atoms with Crippen molar-refractivity contribution in [2.45, 2.75) is 6.92 Å². The van der Waals surface area contributed by atoms with Crippen LogP contribution in [0.25, 0.3) is 0 Å². The number of benzene rings is 1. The number of nitrogens with two attached hydrogens (primary N) is 1. The highest BCUT2D eigenvalue weighted by Crippen LogP contribution is 2.08. The SMILES string of the molecule is Cc1cccc(NC(=O)C(=N)N)c1. The third kappa shape index (κ3) is 2.59. The van der Waals surface area contributed by atoms with E-state index in [1.807, 2.05) is 19.1 Å². The molecule has 4 nitrogen and oxygen atoms in total. The fourth-order valence-electron chi connectivity index (χ4n) is 0.921. The molecule has 0 heterocycles. The molecule has 1 aromatic carbocycles. The molecule has 0 aliphatic heterocycles. The van der Waals surface area contributed by atoms with Gasteiger partial charge in [0, 0.05) is 5.69 Å². The molecular weight excluding hydrogens is 166 g/mol. The van der Waals surface area contributed by atoms with Crippen molar-refractivity contribution in [3.05, 3.63) is 29.8 Å². The Bertz CT molecular complexity index is 346. The Kier molecular flexibility index (Phi) is 2.64. The van der Waals surface area contributed by atoms with E-state index in [0.29, 0.717) is 5.69 Å². The van der Waals surface area contributed by atoms with Crippen molar-refractivity contribution in [1.29, 1.82) is 5.41 Å². The molecule has 0 atom stereocenters. The summed E-state index contributed by atoms with van der Waals surface area (Å²) in [5.74, 6) is -1.06. The van der Waals surface area contributed by atoms with Crippen molar-refractivity contribution in [1.82, 2.24) is 0 Å². The standard InChI is InChI=1S/C9H11N3O/c1-6-3-2-4-7(5-6)12-9(13)8(10)11/h2-5H,1H3,(H3,10,11)(H,12,13). The van der Waals surface area contributed by atoms with Crippen LogP contribution in [0, 0.1) is 12.3 Å². The molecule has 1 rings (SSSR count). The topological polar surface area (TPSA) is 79.0 Å². The Balaban J connectivity index is 2.75. The highest BCUT2D eigenvalue weighted by Gasteiger charge is 2.03. The zero-order chi connectivity index (χ0) is 9.84. The highest BCUT2D eigenvalue weighted by molar-refractivity contribution is 6.40. The minimum absolute atomic E-state index is 0.485. The molecule has 0 saturated carbocycles. The maximum atomic E-state index is 11.0. The van der Waals surface area contributed by atoms with Crippen LogP contribution in [-0.4, -0.2) is 11.7 Å². The summed E-state index contributed by atoms with van der Waals surface area (Å²) in [6.07, 6.45) is 0. The second-order valence-electron chi connectivity index (χ2n) is 2.74. The minimum atomic E-state index is -0.578. The first-order valence-electron chi connectivity index (χ1n) is 3.81. The second kappa shape index (κ2) is 3.71. The summed E-state index contributed by atoms with van der Waals surface area (Å²) in [7, 11) is 0. The summed E-state index contributed by atoms with van der Waals surface area (Å²) in [5.41, 5.74) is 6.69. The number of nitrogens with one attached hydrogen (secondary N) is 2. The molecule has 4 N–H and O–H groups in total. The van der Waals surface area contributed by atoms with E-state index in [9.17, 15) is 4.79 Å². The van der Waals surface area contributed by atoms with Crippen LogP contribution in [0.5, 0.6) is 0 Å². The number of amides is 1. The number of hydrogen-bond donors (Lipinski definition) is 3. The van der Waals surface area contributed by atoms with Gasteiger partial charge in [0.25, 0.3) is 5.91 Å². The van der Waals surface area contributed by atoms with E-state index < -0.39 is 11.7 Å². The summed E-state index contributed by atoms with van der Waals surface area (Å²) in [4.78, 5) is 11.0. The maximum absolute atomic E-state index is 11.0. The van der Waals surface area contributed by atoms with Gasteiger partial charge in [-0.2, -0.15) is 0 Å². The van der Waals surface area contributed by atoms with Crippen molar-refractivity contribution < 1.29 is 4.79 Å². The van der Waals surface area contributed by atoms with Crippen LogP contribution in [-0.2, 0) is 4.79 Å². The molecule has 0 saturated heterocycles. The number of anilines is 1. The lowest BCUT2D eigenvalue weighted by Gasteiger charge is -2.03. The lowest BCUT2D eigenvalue weighted by atomic mass is 10.2. The Labute approximate surface area is 76.3 Å². The van der Waals surface area contributed by atoms with Crippen LogP contribution in [0.3, 0.4) is 0 Å². The first-order chi connectivity index (χ1) is 6.09. The van der Waals surface area contributed by atoms with Gasteiger partial charge in [0.05, 0.1) is 0 Å². The molecule has 0 aliphatic carbocycles. The van der Waals surface area contributed by atoms with Crippen LogP contribution in [0.4, 0.5) is 5.69 Å². The van der Waals surface area contributed by atoms with Gasteiger partial charge in [-0.15, -0.1) is 0 Å². The smallest absolute Gasteiger partial charge is 0.290 e. The summed E-state index contributed by atoms with van der Waals surface area (Å²) in [6.45, 7) is 1.92. The maximum Gasteiger partial charge on any atom is 0.290 e. The largest absolute Gasteiger partial charge is 0.380 e. The molecule has 0 radical (unpaired) electrons. The summed E-state index contributed by atoms with van der Waals surface area (Å²) < 4.78 is 0. The molecular formula is C9H11N3O. The molecule has 0 bridgehead atoms. The van der Waals surface area contributed by atoms with E-state index in [1.54, 1.807) is 12.1 Å². The van der Waals surface area contributed by atoms with Crippen molar-refractivity contribution in [3.8, 4) is 0 Å². The lowest BCUT2D eigenvalue weighted by Crippen LogP contribution is -2.28. The number of carbonyl (C=O) groups is 1. The Morgan fingerprint density at radius 3 is 2.77 bits per heavy atom. The molecule has 68 valence electrons. The van der Waals surface area contributed by atoms with Gasteiger partial charge in [-0.1, -0.05) is 12.1 Å². The van der Waals surface area contributed by atoms with Gasteiger partial charge in [0.15, 0.2) is 5.84 Å². The molecule has 13 heavy (non-hydrogen) atoms. The van der Waals surface area contributed by atoms with Gasteiger partial charge in [-0.05, 0) is 24.6 Å². The second-order valence-corrected chi connectivity index (χ2v) is 2.74. The van der Waals surface area contributed by atoms with Crippen LogP contribution in [0.2, 0.25) is 0 Å². The summed E-state index contributed by atoms with van der Waals surface area (Å²) in [6, 6.07) is 7.29. The van der Waals surface area contributed by atoms with Crippen molar-refractivity contribution in [2.24, 2.45) is 5.73 Å². The van der Waals surface area contributed by atoms with Crippen molar-refractivity contribution in [2.75, 3.05) is 5.32 Å². The highest BCUT2D eigenvalue weighted by atomic mass is 16.2. The monoisotopic (exact) mass is 177 g/mol. The molecule has 0 aliphatic rings. The normalized spacial score (nSPS) is 9.31. The average Bonchev–Trinajstić information content (AvgIpc) is 2.04. The van der Waals surface area contributed by atoms with Gasteiger partial charge >= 0.3 is 0 Å². The summed E-state index contributed by atoms with van der Waals surface area (Å²) in [5, 5.41) is 9.36. The fourth-order valence-corrected chi connectivity index (χ4v) is 0.921. The van der Waals surface area contributed by atoms with Crippen LogP contribution >= 0.6 is 0 Å². The third-order valence-corrected chi connectivity index (χ3v) is 1.52. The quantitative estimate of drug-likeness (QED) is 0.439. The summed E-state index contributed by atoms with van der Waals surface area (Å²) >= 11 is 0. The number of amidine groups is 1. The fraction of sp³-hybridized carbons (Fsp3) is 0.111. The van der Waals surface area contributed by atoms with Gasteiger partial charge in [-0.25, -0.2) is 0 Å². The molecule has 0 aromatic heterocycles. The van der Waals surface area contributed by atoms with Gasteiger partial charge < -0.3 is 11.1 Å². The van der Waals surface area contributed by atoms with Crippen LogP contribution in [0.1, 0.15) is 5.56 Å². The predicted molar refractivity (Wildman–Crippen MR) is 51.7 cm³/mol. The average molecular weight is 177 g/mol. The molecule has 1 aromatic rings. The first-order valence-corrected chi connectivity index (χ1v) is 3.81. The molecule has 4 heteroatoms. The minimum Gasteiger partial charge on any atom is -0.380 e. The van der Waals surface area contributed by atoms with Crippen LogP contribution in [0.15, 0.2) is 24.3 Å². The molecule has 0 fully saturated rings. The van der Waals surface area contributed by atoms with Gasteiger partial charge in [0.1, 0.15) is 0 Å². The lowest BCUT2D eigenvalue weighted by molar-refractivity contribution is -0.110. The first kappa shape index (κ1) is 9.25. The van der Waals surface area contributed by atoms with E-state index in [-0.39, 0.29) is 0 Å². The number of rotatable bonds is 1. The van der Waals surface area contributed by atoms with E-state index in [4.69, 9.17) is 11.1 Å². The Morgan fingerprint density at radius 1 is 1.54 bits per heavy atom. The Morgan fingerprint density at radius 2 is 2.23 bits per heavy atom. The third-order valence-electron chi connectivity index (χ3n) is 1.52. The van der Waals surface area contributed by atoms with Crippen molar-refractivity contribution >= 4 is 17.4 Å². The zero-order valence-corrected chi connectivity index (χ0v) is 7.29. The van der Waals surface area contributed by atoms with E-state index in [1.165, 1.54) is 0 Å². The van der Waals surface area contributed by atoms with E-state index >= 15 is 0 Å². The van der Waals surface area contributed by atoms with Gasteiger partial charge in [-0.3, -0.25) is 10.2 Å². The molecule has 0 unspecified atom stereocenters.